The fraction of sp³-hybridized carbons (Fsp3) is 0.0769. The summed E-state index contributed by atoms with van der Waals surface area (Å²) in [6.07, 6.45) is -4.72. The lowest BCUT2D eigenvalue weighted by Gasteiger charge is -2.37. The molecule has 0 spiro atoms. The van der Waals surface area contributed by atoms with Crippen molar-refractivity contribution in [3.05, 3.63) is 137 Å². The van der Waals surface area contributed by atoms with Crippen LogP contribution in [0.25, 0.3) is 0 Å². The van der Waals surface area contributed by atoms with Gasteiger partial charge in [-0.15, -0.1) is 11.8 Å². The smallest absolute Gasteiger partial charge is 0.207 e. The van der Waals surface area contributed by atoms with E-state index in [2.05, 4.69) is 0 Å². The van der Waals surface area contributed by atoms with Crippen molar-refractivity contribution in [2.24, 2.45) is 0 Å². The van der Waals surface area contributed by atoms with E-state index in [-0.39, 0.29) is 5.56 Å². The molecular weight excluding hydrogens is 420 g/mol. The maximum atomic E-state index is 14.2. The summed E-state index contributed by atoms with van der Waals surface area (Å²) in [7, 11) is 0. The topological polar surface area (TPSA) is 0 Å². The van der Waals surface area contributed by atoms with Crippen LogP contribution < -0.4 is 0 Å². The summed E-state index contributed by atoms with van der Waals surface area (Å²) in [5.41, 5.74) is 0.357. The highest BCUT2D eigenvalue weighted by atomic mass is 32.2. The molecule has 4 rings (SSSR count). The Balaban J connectivity index is 2.11. The van der Waals surface area contributed by atoms with Crippen molar-refractivity contribution >= 4 is 11.8 Å². The normalized spacial score (nSPS) is 12.0. The van der Waals surface area contributed by atoms with E-state index in [1.165, 1.54) is 17.8 Å². The highest BCUT2D eigenvalue weighted by Crippen LogP contribution is 2.54. The lowest BCUT2D eigenvalue weighted by atomic mass is 9.81. The molecule has 4 aromatic rings. The number of thioether (sulfide) groups is 1. The molecule has 4 aromatic carbocycles. The lowest BCUT2D eigenvalue weighted by molar-refractivity contribution is -0.138. The van der Waals surface area contributed by atoms with Crippen LogP contribution >= 0.6 is 11.8 Å². The molecule has 0 aliphatic rings. The van der Waals surface area contributed by atoms with Crippen LogP contribution in [0, 0.1) is 5.82 Å². The lowest BCUT2D eigenvalue weighted by Crippen LogP contribution is -2.29. The first kappa shape index (κ1) is 21.2. The summed E-state index contributed by atoms with van der Waals surface area (Å²) in [6, 6.07) is 30.3. The van der Waals surface area contributed by atoms with Crippen molar-refractivity contribution in [3.8, 4) is 0 Å². The molecule has 0 aliphatic heterocycles. The standard InChI is InChI=1S/C26H18F4S/c27-21-16-17-23(24(18-21)26(28,29)30)25(19-10-4-1-5-11-19,20-12-6-2-7-13-20)31-22-14-8-3-9-15-22/h1-18H. The Morgan fingerprint density at radius 1 is 0.548 bits per heavy atom. The Morgan fingerprint density at radius 2 is 1.03 bits per heavy atom. The van der Waals surface area contributed by atoms with Crippen LogP contribution in [0.15, 0.2) is 114 Å². The third kappa shape index (κ3) is 4.23. The molecule has 0 aliphatic carbocycles. The van der Waals surface area contributed by atoms with Crippen molar-refractivity contribution in [1.82, 2.24) is 0 Å². The molecule has 0 saturated heterocycles. The predicted octanol–water partition coefficient (Wildman–Crippen LogP) is 7.93. The van der Waals surface area contributed by atoms with E-state index in [4.69, 9.17) is 0 Å². The van der Waals surface area contributed by atoms with Crippen LogP contribution in [0.1, 0.15) is 22.3 Å². The fourth-order valence-electron chi connectivity index (χ4n) is 3.72. The van der Waals surface area contributed by atoms with Crippen LogP contribution in [-0.2, 0) is 10.9 Å². The molecule has 0 amide bonds. The van der Waals surface area contributed by atoms with Gasteiger partial charge in [0.15, 0.2) is 0 Å². The van der Waals surface area contributed by atoms with E-state index in [1.807, 2.05) is 66.7 Å². The molecule has 0 nitrogen and oxygen atoms in total. The summed E-state index contributed by atoms with van der Waals surface area (Å²) in [5.74, 6) is -0.921. The van der Waals surface area contributed by atoms with Crippen molar-refractivity contribution in [3.63, 3.8) is 0 Å². The van der Waals surface area contributed by atoms with Crippen molar-refractivity contribution in [1.29, 1.82) is 0 Å². The number of halogens is 4. The third-order valence-electron chi connectivity index (χ3n) is 5.04. The van der Waals surface area contributed by atoms with Gasteiger partial charge < -0.3 is 0 Å². The van der Waals surface area contributed by atoms with Gasteiger partial charge in [0.2, 0.25) is 0 Å². The Hall–Kier alpha value is -3.05. The molecule has 0 aromatic heterocycles. The van der Waals surface area contributed by atoms with Gasteiger partial charge in [-0.2, -0.15) is 13.2 Å². The first-order chi connectivity index (χ1) is 14.9. The summed E-state index contributed by atoms with van der Waals surface area (Å²) >= 11 is 1.31. The molecule has 0 radical (unpaired) electrons. The maximum Gasteiger partial charge on any atom is 0.416 e. The van der Waals surface area contributed by atoms with Gasteiger partial charge in [0.1, 0.15) is 5.82 Å². The molecule has 31 heavy (non-hydrogen) atoms. The van der Waals surface area contributed by atoms with Gasteiger partial charge in [-0.25, -0.2) is 4.39 Å². The minimum absolute atomic E-state index is 0.00680. The Bertz CT molecular complexity index is 1100. The minimum atomic E-state index is -4.72. The van der Waals surface area contributed by atoms with Gasteiger partial charge >= 0.3 is 6.18 Å². The molecule has 0 fully saturated rings. The molecule has 0 unspecified atom stereocenters. The second kappa shape index (κ2) is 8.60. The highest BCUT2D eigenvalue weighted by molar-refractivity contribution is 8.00. The summed E-state index contributed by atoms with van der Waals surface area (Å²) in [5, 5.41) is 0. The van der Waals surface area contributed by atoms with Crippen LogP contribution in [0.4, 0.5) is 17.6 Å². The average molecular weight is 438 g/mol. The largest absolute Gasteiger partial charge is 0.416 e. The SMILES string of the molecule is Fc1ccc(C(Sc2ccccc2)(c2ccccc2)c2ccccc2)c(C(F)(F)F)c1. The van der Waals surface area contributed by atoms with E-state index in [0.717, 1.165) is 11.0 Å². The van der Waals surface area contributed by atoms with Crippen LogP contribution in [0.5, 0.6) is 0 Å². The van der Waals surface area contributed by atoms with Crippen LogP contribution in [0.2, 0.25) is 0 Å². The first-order valence-electron chi connectivity index (χ1n) is 9.63. The van der Waals surface area contributed by atoms with Crippen LogP contribution in [-0.4, -0.2) is 0 Å². The van der Waals surface area contributed by atoms with Gasteiger partial charge in [0.05, 0.1) is 10.3 Å². The number of rotatable bonds is 5. The van der Waals surface area contributed by atoms with Crippen molar-refractivity contribution < 1.29 is 17.6 Å². The Kier molecular flexibility index (Phi) is 5.88. The third-order valence-corrected chi connectivity index (χ3v) is 6.55. The van der Waals surface area contributed by atoms with Crippen molar-refractivity contribution in [2.45, 2.75) is 15.8 Å². The zero-order valence-corrected chi connectivity index (χ0v) is 17.1. The maximum absolute atomic E-state index is 14.2. The number of hydrogen-bond acceptors (Lipinski definition) is 1. The molecule has 0 N–H and O–H groups in total. The summed E-state index contributed by atoms with van der Waals surface area (Å²) in [4.78, 5) is 0.799. The second-order valence-electron chi connectivity index (χ2n) is 7.02. The highest BCUT2D eigenvalue weighted by Gasteiger charge is 2.45. The van der Waals surface area contributed by atoms with E-state index in [0.29, 0.717) is 17.2 Å². The molecule has 0 bridgehead atoms. The zero-order chi connectivity index (χ0) is 21.9. The monoisotopic (exact) mass is 438 g/mol. The number of benzene rings is 4. The Labute approximate surface area is 182 Å². The van der Waals surface area contributed by atoms with Crippen molar-refractivity contribution in [2.75, 3.05) is 0 Å². The second-order valence-corrected chi connectivity index (χ2v) is 8.30. The van der Waals surface area contributed by atoms with Gasteiger partial charge in [0, 0.05) is 4.90 Å². The molecule has 0 atom stereocenters. The zero-order valence-electron chi connectivity index (χ0n) is 16.3. The quantitative estimate of drug-likeness (QED) is 0.173. The molecular formula is C26H18F4S. The average Bonchev–Trinajstić information content (AvgIpc) is 2.79. The van der Waals surface area contributed by atoms with E-state index >= 15 is 0 Å². The number of hydrogen-bond donors (Lipinski definition) is 0. The minimum Gasteiger partial charge on any atom is -0.207 e. The summed E-state index contributed by atoms with van der Waals surface area (Å²) < 4.78 is 55.2. The summed E-state index contributed by atoms with van der Waals surface area (Å²) in [6.45, 7) is 0. The first-order valence-corrected chi connectivity index (χ1v) is 10.5. The Morgan fingerprint density at radius 3 is 1.52 bits per heavy atom. The fourth-order valence-corrected chi connectivity index (χ4v) is 5.16. The molecule has 5 heteroatoms. The van der Waals surface area contributed by atoms with Gasteiger partial charge in [0.25, 0.3) is 0 Å². The van der Waals surface area contributed by atoms with E-state index < -0.39 is 22.3 Å². The van der Waals surface area contributed by atoms with E-state index in [9.17, 15) is 17.6 Å². The van der Waals surface area contributed by atoms with Gasteiger partial charge in [-0.3, -0.25) is 0 Å². The van der Waals surface area contributed by atoms with Gasteiger partial charge in [-0.05, 0) is 41.0 Å². The molecule has 156 valence electrons. The van der Waals surface area contributed by atoms with Crippen LogP contribution in [0.3, 0.4) is 0 Å². The number of alkyl halides is 3. The van der Waals surface area contributed by atoms with Gasteiger partial charge in [-0.1, -0.05) is 84.9 Å². The molecule has 0 saturated carbocycles. The molecule has 0 heterocycles. The van der Waals surface area contributed by atoms with E-state index in [1.54, 1.807) is 24.3 Å². The predicted molar refractivity (Wildman–Crippen MR) is 116 cm³/mol.